The van der Waals surface area contributed by atoms with E-state index < -0.39 is 0 Å². The zero-order valence-corrected chi connectivity index (χ0v) is 7.84. The summed E-state index contributed by atoms with van der Waals surface area (Å²) in [5.74, 6) is 0. The molecule has 1 aromatic rings. The zero-order valence-electron chi connectivity index (χ0n) is 6.25. The number of ether oxygens (including phenoxy) is 1. The summed E-state index contributed by atoms with van der Waals surface area (Å²) in [6.45, 7) is 0. The van der Waals surface area contributed by atoms with Crippen molar-refractivity contribution in [1.29, 1.82) is 0 Å². The van der Waals surface area contributed by atoms with Gasteiger partial charge in [0.15, 0.2) is 4.67 Å². The van der Waals surface area contributed by atoms with Gasteiger partial charge in [-0.25, -0.2) is 0 Å². The molecule has 0 atom stereocenters. The molecule has 0 aromatic heterocycles. The number of benzene rings is 1. The maximum atomic E-state index is 4.93. The van der Waals surface area contributed by atoms with E-state index in [1.807, 2.05) is 36.4 Å². The van der Waals surface area contributed by atoms with Crippen molar-refractivity contribution in [1.82, 2.24) is 0 Å². The molecule has 1 nitrogen and oxygen atoms in total. The van der Waals surface area contributed by atoms with Crippen LogP contribution in [0.5, 0.6) is 0 Å². The molecule has 1 rings (SSSR count). The molecule has 11 heavy (non-hydrogen) atoms. The summed E-state index contributed by atoms with van der Waals surface area (Å²) in [5, 5.41) is 0. The average Bonchev–Trinajstić information content (AvgIpc) is 2.06. The molecular formula is C9H9BrO. The largest absolute Gasteiger partial charge is 0.490 e. The van der Waals surface area contributed by atoms with E-state index in [-0.39, 0.29) is 0 Å². The summed E-state index contributed by atoms with van der Waals surface area (Å²) in [7, 11) is 1.63. The SMILES string of the molecule is CO/C(Br)=C\c1ccccc1. The molecule has 58 valence electrons. The second-order valence-electron chi connectivity index (χ2n) is 2.06. The van der Waals surface area contributed by atoms with E-state index in [2.05, 4.69) is 15.9 Å². The summed E-state index contributed by atoms with van der Waals surface area (Å²) in [6.07, 6.45) is 1.92. The first-order valence-electron chi connectivity index (χ1n) is 3.29. The van der Waals surface area contributed by atoms with Crippen LogP contribution in [0, 0.1) is 0 Å². The van der Waals surface area contributed by atoms with Gasteiger partial charge in [-0.2, -0.15) is 0 Å². The zero-order chi connectivity index (χ0) is 8.10. The van der Waals surface area contributed by atoms with Crippen LogP contribution >= 0.6 is 15.9 Å². The van der Waals surface area contributed by atoms with Crippen molar-refractivity contribution in [2.24, 2.45) is 0 Å². The number of hydrogen-bond donors (Lipinski definition) is 0. The van der Waals surface area contributed by atoms with Crippen LogP contribution in [0.1, 0.15) is 5.56 Å². The van der Waals surface area contributed by atoms with Crippen molar-refractivity contribution in [3.8, 4) is 0 Å². The molecule has 0 saturated heterocycles. The molecule has 0 N–H and O–H groups in total. The molecule has 0 bridgehead atoms. The first kappa shape index (κ1) is 8.34. The summed E-state index contributed by atoms with van der Waals surface area (Å²) in [6, 6.07) is 9.99. The molecule has 0 aliphatic carbocycles. The molecule has 2 heteroatoms. The van der Waals surface area contributed by atoms with Gasteiger partial charge in [0.25, 0.3) is 0 Å². The lowest BCUT2D eigenvalue weighted by Crippen LogP contribution is -1.75. The van der Waals surface area contributed by atoms with Crippen LogP contribution in [-0.4, -0.2) is 7.11 Å². The summed E-state index contributed by atoms with van der Waals surface area (Å²) >= 11 is 3.25. The van der Waals surface area contributed by atoms with Crippen molar-refractivity contribution in [3.63, 3.8) is 0 Å². The maximum absolute atomic E-state index is 4.93. The standard InChI is InChI=1S/C9H9BrO/c1-11-9(10)7-8-5-3-2-4-6-8/h2-7H,1H3/b9-7-. The molecule has 1 aromatic carbocycles. The molecular weight excluding hydrogens is 204 g/mol. The van der Waals surface area contributed by atoms with Gasteiger partial charge in [0.1, 0.15) is 0 Å². The molecule has 0 amide bonds. The number of hydrogen-bond acceptors (Lipinski definition) is 1. The van der Waals surface area contributed by atoms with Gasteiger partial charge in [0, 0.05) is 0 Å². The van der Waals surface area contributed by atoms with Gasteiger partial charge in [-0.3, -0.25) is 0 Å². The van der Waals surface area contributed by atoms with Crippen LogP contribution in [0.25, 0.3) is 6.08 Å². The van der Waals surface area contributed by atoms with Gasteiger partial charge in [-0.1, -0.05) is 30.3 Å². The Morgan fingerprint density at radius 1 is 1.36 bits per heavy atom. The van der Waals surface area contributed by atoms with Crippen LogP contribution in [0.3, 0.4) is 0 Å². The van der Waals surface area contributed by atoms with Crippen LogP contribution in [0.4, 0.5) is 0 Å². The highest BCUT2D eigenvalue weighted by atomic mass is 79.9. The van der Waals surface area contributed by atoms with Crippen molar-refractivity contribution in [3.05, 3.63) is 40.6 Å². The van der Waals surface area contributed by atoms with E-state index >= 15 is 0 Å². The van der Waals surface area contributed by atoms with Gasteiger partial charge in [0.05, 0.1) is 7.11 Å². The van der Waals surface area contributed by atoms with Gasteiger partial charge in [-0.15, -0.1) is 0 Å². The molecule has 0 unspecified atom stereocenters. The smallest absolute Gasteiger partial charge is 0.162 e. The van der Waals surface area contributed by atoms with E-state index in [1.54, 1.807) is 7.11 Å². The lowest BCUT2D eigenvalue weighted by molar-refractivity contribution is 0.331. The highest BCUT2D eigenvalue weighted by Crippen LogP contribution is 2.11. The Bertz CT molecular complexity index is 241. The third-order valence-corrected chi connectivity index (χ3v) is 1.83. The minimum atomic E-state index is 0.740. The van der Waals surface area contributed by atoms with Crippen LogP contribution in [0.2, 0.25) is 0 Å². The Morgan fingerprint density at radius 3 is 2.55 bits per heavy atom. The highest BCUT2D eigenvalue weighted by molar-refractivity contribution is 9.11. The van der Waals surface area contributed by atoms with Gasteiger partial charge in [0.2, 0.25) is 0 Å². The summed E-state index contributed by atoms with van der Waals surface area (Å²) < 4.78 is 5.67. The predicted molar refractivity (Wildman–Crippen MR) is 50.4 cm³/mol. The maximum Gasteiger partial charge on any atom is 0.162 e. The van der Waals surface area contributed by atoms with Crippen molar-refractivity contribution in [2.75, 3.05) is 7.11 Å². The molecule has 0 spiro atoms. The predicted octanol–water partition coefficient (Wildman–Crippen LogP) is 3.03. The molecule has 0 fully saturated rings. The fourth-order valence-electron chi connectivity index (χ4n) is 0.739. The van der Waals surface area contributed by atoms with E-state index in [9.17, 15) is 0 Å². The normalized spacial score (nSPS) is 11.3. The Balaban J connectivity index is 2.79. The Morgan fingerprint density at radius 2 is 2.00 bits per heavy atom. The number of rotatable bonds is 2. The molecule has 0 radical (unpaired) electrons. The van der Waals surface area contributed by atoms with E-state index in [1.165, 1.54) is 0 Å². The topological polar surface area (TPSA) is 9.23 Å². The van der Waals surface area contributed by atoms with Crippen LogP contribution in [-0.2, 0) is 4.74 Å². The van der Waals surface area contributed by atoms with E-state index in [0.29, 0.717) is 0 Å². The van der Waals surface area contributed by atoms with Crippen molar-refractivity contribution < 1.29 is 4.74 Å². The van der Waals surface area contributed by atoms with E-state index in [4.69, 9.17) is 4.74 Å². The summed E-state index contributed by atoms with van der Waals surface area (Å²) in [5.41, 5.74) is 1.13. The second kappa shape index (κ2) is 4.19. The quantitative estimate of drug-likeness (QED) is 0.686. The van der Waals surface area contributed by atoms with Crippen LogP contribution in [0.15, 0.2) is 35.0 Å². The van der Waals surface area contributed by atoms with Crippen LogP contribution < -0.4 is 0 Å². The summed E-state index contributed by atoms with van der Waals surface area (Å²) in [4.78, 5) is 0. The fraction of sp³-hybridized carbons (Fsp3) is 0.111. The molecule has 0 saturated carbocycles. The van der Waals surface area contributed by atoms with Crippen molar-refractivity contribution >= 4 is 22.0 Å². The first-order chi connectivity index (χ1) is 5.33. The van der Waals surface area contributed by atoms with Crippen molar-refractivity contribution in [2.45, 2.75) is 0 Å². The third kappa shape index (κ3) is 2.76. The molecule has 0 aliphatic heterocycles. The molecule has 0 heterocycles. The third-order valence-electron chi connectivity index (χ3n) is 1.27. The monoisotopic (exact) mass is 212 g/mol. The number of methoxy groups -OCH3 is 1. The lowest BCUT2D eigenvalue weighted by Gasteiger charge is -1.95. The van der Waals surface area contributed by atoms with E-state index in [0.717, 1.165) is 10.2 Å². The molecule has 0 aliphatic rings. The Labute approximate surface area is 74.8 Å². The second-order valence-corrected chi connectivity index (χ2v) is 2.84. The van der Waals surface area contributed by atoms with Gasteiger partial charge in [-0.05, 0) is 27.6 Å². The highest BCUT2D eigenvalue weighted by Gasteiger charge is 1.88. The minimum Gasteiger partial charge on any atom is -0.490 e. The Kier molecular flexibility index (Phi) is 3.17. The number of halogens is 1. The van der Waals surface area contributed by atoms with Gasteiger partial charge >= 0.3 is 0 Å². The fourth-order valence-corrected chi connectivity index (χ4v) is 1.00. The van der Waals surface area contributed by atoms with Gasteiger partial charge < -0.3 is 4.74 Å². The first-order valence-corrected chi connectivity index (χ1v) is 4.08. The minimum absolute atomic E-state index is 0.740. The Hall–Kier alpha value is -0.760. The average molecular weight is 213 g/mol. The lowest BCUT2D eigenvalue weighted by atomic mass is 10.2.